The minimum absolute atomic E-state index is 0.183. The number of hydrogen-bond acceptors (Lipinski definition) is 7. The molecule has 11 heteroatoms. The first-order valence-electron chi connectivity index (χ1n) is 10.1. The second kappa shape index (κ2) is 8.92. The van der Waals surface area contributed by atoms with Gasteiger partial charge >= 0.3 is 0 Å². The van der Waals surface area contributed by atoms with E-state index in [4.69, 9.17) is 0 Å². The van der Waals surface area contributed by atoms with Crippen LogP contribution < -0.4 is 5.32 Å². The number of benzene rings is 1. The number of aryl methyl sites for hydroxylation is 1. The van der Waals surface area contributed by atoms with Crippen molar-refractivity contribution in [2.75, 3.05) is 18.4 Å². The molecule has 32 heavy (non-hydrogen) atoms. The molecule has 2 aromatic heterocycles. The Kier molecular flexibility index (Phi) is 5.88. The van der Waals surface area contributed by atoms with Gasteiger partial charge in [-0.1, -0.05) is 6.07 Å². The number of anilines is 1. The zero-order chi connectivity index (χ0) is 22.7. The first kappa shape index (κ1) is 21.1. The molecule has 4 rings (SSSR count). The third-order valence-electron chi connectivity index (χ3n) is 5.42. The van der Waals surface area contributed by atoms with Crippen molar-refractivity contribution in [1.82, 2.24) is 24.6 Å². The van der Waals surface area contributed by atoms with Gasteiger partial charge in [0.15, 0.2) is 0 Å². The molecule has 0 aliphatic carbocycles. The van der Waals surface area contributed by atoms with Crippen molar-refractivity contribution in [1.29, 1.82) is 0 Å². The Balaban J connectivity index is 1.50. The molecule has 1 aromatic carbocycles. The fraction of sp³-hybridized carbons (Fsp3) is 0.286. The number of hydrogen-bond donors (Lipinski definition) is 1. The smallest absolute Gasteiger partial charge is 0.295 e. The lowest BCUT2D eigenvalue weighted by atomic mass is 9.96. The second-order valence-corrected chi connectivity index (χ2v) is 7.55. The van der Waals surface area contributed by atoms with Gasteiger partial charge in [0.05, 0.1) is 10.8 Å². The van der Waals surface area contributed by atoms with E-state index in [1.54, 1.807) is 17.2 Å². The quantitative estimate of drug-likeness (QED) is 0.480. The summed E-state index contributed by atoms with van der Waals surface area (Å²) in [6.45, 7) is 2.56. The lowest BCUT2D eigenvalue weighted by Gasteiger charge is -2.32. The van der Waals surface area contributed by atoms with Crippen molar-refractivity contribution in [3.8, 4) is 5.69 Å². The summed E-state index contributed by atoms with van der Waals surface area (Å²) in [5, 5.41) is 18.3. The molecule has 3 heterocycles. The summed E-state index contributed by atoms with van der Waals surface area (Å²) in [6, 6.07) is 7.88. The Morgan fingerprint density at radius 1 is 1.28 bits per heavy atom. The van der Waals surface area contributed by atoms with Crippen molar-refractivity contribution >= 4 is 23.3 Å². The maximum absolute atomic E-state index is 13.1. The molecule has 0 radical (unpaired) electrons. The van der Waals surface area contributed by atoms with E-state index in [0.717, 1.165) is 5.56 Å². The molecule has 0 spiro atoms. The van der Waals surface area contributed by atoms with Crippen molar-refractivity contribution in [3.05, 3.63) is 70.4 Å². The summed E-state index contributed by atoms with van der Waals surface area (Å²) in [6.07, 6.45) is 5.53. The molecule has 1 aliphatic rings. The third-order valence-corrected chi connectivity index (χ3v) is 5.42. The van der Waals surface area contributed by atoms with Gasteiger partial charge in [-0.25, -0.2) is 14.6 Å². The molecule has 1 aliphatic heterocycles. The van der Waals surface area contributed by atoms with Crippen LogP contribution in [0.25, 0.3) is 5.69 Å². The van der Waals surface area contributed by atoms with E-state index in [2.05, 4.69) is 20.4 Å². The van der Waals surface area contributed by atoms with E-state index in [1.807, 2.05) is 13.0 Å². The molecular formula is C21H21N7O4. The average molecular weight is 435 g/mol. The van der Waals surface area contributed by atoms with Gasteiger partial charge in [0.2, 0.25) is 5.91 Å². The first-order valence-corrected chi connectivity index (χ1v) is 10.1. The highest BCUT2D eigenvalue weighted by Crippen LogP contribution is 2.26. The molecule has 164 valence electrons. The minimum Gasteiger partial charge on any atom is -0.338 e. The monoisotopic (exact) mass is 435 g/mol. The topological polar surface area (TPSA) is 136 Å². The zero-order valence-electron chi connectivity index (χ0n) is 17.3. The van der Waals surface area contributed by atoms with Crippen LogP contribution in [0.15, 0.2) is 49.2 Å². The zero-order valence-corrected chi connectivity index (χ0v) is 17.3. The molecular weight excluding hydrogens is 414 g/mol. The highest BCUT2D eigenvalue weighted by atomic mass is 16.6. The van der Waals surface area contributed by atoms with Crippen LogP contribution in [-0.4, -0.2) is 54.5 Å². The maximum Gasteiger partial charge on any atom is 0.295 e. The minimum atomic E-state index is -0.560. The van der Waals surface area contributed by atoms with Crippen LogP contribution in [-0.2, 0) is 4.79 Å². The molecule has 11 nitrogen and oxygen atoms in total. The van der Waals surface area contributed by atoms with E-state index in [1.165, 1.54) is 35.5 Å². The van der Waals surface area contributed by atoms with Crippen molar-refractivity contribution < 1.29 is 14.5 Å². The lowest BCUT2D eigenvalue weighted by Crippen LogP contribution is -2.43. The Morgan fingerprint density at radius 3 is 2.84 bits per heavy atom. The largest absolute Gasteiger partial charge is 0.338 e. The molecule has 0 bridgehead atoms. The lowest BCUT2D eigenvalue weighted by molar-refractivity contribution is -0.384. The van der Waals surface area contributed by atoms with E-state index in [9.17, 15) is 19.7 Å². The predicted octanol–water partition coefficient (Wildman–Crippen LogP) is 2.37. The predicted molar refractivity (Wildman–Crippen MR) is 114 cm³/mol. The molecule has 1 unspecified atom stereocenters. The SMILES string of the molecule is Cc1cccnc1NC(=O)C1CCCN(C(=O)c2ccc(-n3cncn3)c([N+](=O)[O-])c2)C1. The van der Waals surface area contributed by atoms with Gasteiger partial charge < -0.3 is 10.2 Å². The molecule has 1 saturated heterocycles. The molecule has 3 aromatic rings. The van der Waals surface area contributed by atoms with Gasteiger partial charge in [0, 0.05) is 30.9 Å². The second-order valence-electron chi connectivity index (χ2n) is 7.55. The number of aromatic nitrogens is 4. The van der Waals surface area contributed by atoms with Gasteiger partial charge in [-0.3, -0.25) is 19.7 Å². The fourth-order valence-corrected chi connectivity index (χ4v) is 3.72. The Bertz CT molecular complexity index is 1160. The number of amides is 2. The van der Waals surface area contributed by atoms with Crippen LogP contribution in [0.2, 0.25) is 0 Å². The van der Waals surface area contributed by atoms with E-state index in [0.29, 0.717) is 25.2 Å². The highest BCUT2D eigenvalue weighted by Gasteiger charge is 2.30. The van der Waals surface area contributed by atoms with Crippen LogP contribution >= 0.6 is 0 Å². The van der Waals surface area contributed by atoms with Crippen LogP contribution in [0.3, 0.4) is 0 Å². The number of nitrogens with one attached hydrogen (secondary N) is 1. The van der Waals surface area contributed by atoms with Gasteiger partial charge in [-0.15, -0.1) is 0 Å². The van der Waals surface area contributed by atoms with Gasteiger partial charge in [-0.2, -0.15) is 5.10 Å². The fourth-order valence-electron chi connectivity index (χ4n) is 3.72. The van der Waals surface area contributed by atoms with Crippen LogP contribution in [0.1, 0.15) is 28.8 Å². The number of nitro groups is 1. The summed E-state index contributed by atoms with van der Waals surface area (Å²) >= 11 is 0. The standard InChI is InChI=1S/C21H21N7O4/c1-14-4-2-8-23-19(14)25-20(29)16-5-3-9-26(11-16)21(30)15-6-7-17(18(10-15)28(31)32)27-13-22-12-24-27/h2,4,6-8,10,12-13,16H,3,5,9,11H2,1H3,(H,23,25,29). The number of rotatable bonds is 5. The van der Waals surface area contributed by atoms with Crippen LogP contribution in [0.4, 0.5) is 11.5 Å². The van der Waals surface area contributed by atoms with E-state index < -0.39 is 10.8 Å². The summed E-state index contributed by atoms with van der Waals surface area (Å²) in [5.74, 6) is -0.444. The Labute approximate surface area is 183 Å². The number of carbonyl (C=O) groups excluding carboxylic acids is 2. The van der Waals surface area contributed by atoms with Gasteiger partial charge in [-0.05, 0) is 43.5 Å². The molecule has 2 amide bonds. The number of pyridine rings is 1. The van der Waals surface area contributed by atoms with Gasteiger partial charge in [0.1, 0.15) is 24.2 Å². The number of piperidine rings is 1. The Morgan fingerprint density at radius 2 is 2.12 bits per heavy atom. The number of likely N-dealkylation sites (tertiary alicyclic amines) is 1. The summed E-state index contributed by atoms with van der Waals surface area (Å²) in [7, 11) is 0. The number of nitrogens with zero attached hydrogens (tertiary/aromatic N) is 6. The molecule has 1 fully saturated rings. The number of carbonyl (C=O) groups is 2. The van der Waals surface area contributed by atoms with E-state index in [-0.39, 0.29) is 35.3 Å². The summed E-state index contributed by atoms with van der Waals surface area (Å²) in [5.41, 5.74) is 0.996. The van der Waals surface area contributed by atoms with Crippen molar-refractivity contribution in [3.63, 3.8) is 0 Å². The van der Waals surface area contributed by atoms with Crippen LogP contribution in [0.5, 0.6) is 0 Å². The van der Waals surface area contributed by atoms with Gasteiger partial charge in [0.25, 0.3) is 11.6 Å². The average Bonchev–Trinajstić information content (AvgIpc) is 3.34. The molecule has 0 saturated carbocycles. The third kappa shape index (κ3) is 4.31. The Hall–Kier alpha value is -4.15. The summed E-state index contributed by atoms with van der Waals surface area (Å²) in [4.78, 5) is 46.4. The number of nitro benzene ring substituents is 1. The highest BCUT2D eigenvalue weighted by molar-refractivity contribution is 5.97. The van der Waals surface area contributed by atoms with E-state index >= 15 is 0 Å². The molecule has 1 atom stereocenters. The summed E-state index contributed by atoms with van der Waals surface area (Å²) < 4.78 is 1.27. The maximum atomic E-state index is 13.1. The van der Waals surface area contributed by atoms with Crippen LogP contribution in [0, 0.1) is 23.0 Å². The van der Waals surface area contributed by atoms with Crippen molar-refractivity contribution in [2.45, 2.75) is 19.8 Å². The molecule has 1 N–H and O–H groups in total. The first-order chi connectivity index (χ1) is 15.4. The van der Waals surface area contributed by atoms with Crippen molar-refractivity contribution in [2.24, 2.45) is 5.92 Å². The normalized spacial score (nSPS) is 15.9.